The Balaban J connectivity index is 1.49. The van der Waals surface area contributed by atoms with Crippen LogP contribution >= 0.6 is 0 Å². The Labute approximate surface area is 175 Å². The second-order valence-corrected chi connectivity index (χ2v) is 9.23. The van der Waals surface area contributed by atoms with Gasteiger partial charge in [0.2, 0.25) is 0 Å². The van der Waals surface area contributed by atoms with Gasteiger partial charge in [-0.25, -0.2) is 4.79 Å². The zero-order valence-corrected chi connectivity index (χ0v) is 17.6. The molecule has 1 N–H and O–H groups in total. The van der Waals surface area contributed by atoms with Crippen LogP contribution in [0.5, 0.6) is 0 Å². The number of benzene rings is 1. The monoisotopic (exact) mass is 416 g/mol. The van der Waals surface area contributed by atoms with E-state index in [9.17, 15) is 19.5 Å². The normalized spacial score (nSPS) is 22.9. The van der Waals surface area contributed by atoms with E-state index in [0.717, 1.165) is 12.1 Å². The molecule has 1 saturated heterocycles. The van der Waals surface area contributed by atoms with Gasteiger partial charge in [-0.2, -0.15) is 0 Å². The number of esters is 1. The molecule has 3 aliphatic rings. The number of aliphatic hydroxyl groups is 1. The molecule has 2 amide bonds. The van der Waals surface area contributed by atoms with E-state index < -0.39 is 29.7 Å². The summed E-state index contributed by atoms with van der Waals surface area (Å²) < 4.78 is 10.6. The van der Waals surface area contributed by atoms with Gasteiger partial charge in [-0.15, -0.1) is 0 Å². The number of aliphatic hydroxyl groups excluding tert-OH is 1. The Hall–Kier alpha value is -2.45. The second kappa shape index (κ2) is 7.67. The van der Waals surface area contributed by atoms with Gasteiger partial charge in [0.15, 0.2) is 12.2 Å². The minimum atomic E-state index is -1.72. The lowest BCUT2D eigenvalue weighted by Gasteiger charge is -2.34. The highest BCUT2D eigenvalue weighted by atomic mass is 16.6. The Kier molecular flexibility index (Phi) is 5.32. The van der Waals surface area contributed by atoms with Crippen LogP contribution in [0.2, 0.25) is 0 Å². The number of hydrogen-bond donors (Lipinski definition) is 1. The third-order valence-corrected chi connectivity index (χ3v) is 5.52. The summed E-state index contributed by atoms with van der Waals surface area (Å²) >= 11 is 0. The molecule has 0 radical (unpaired) electrons. The van der Waals surface area contributed by atoms with Gasteiger partial charge in [-0.05, 0) is 57.2 Å². The SMILES string of the molecule is CC(C)(C)OC(=O)[C@H](O)[C@H]1OCCN(c2ccc3c(c2)C(=O)N(CC2CC2)C3)C1=O. The Morgan fingerprint density at radius 3 is 2.70 bits per heavy atom. The van der Waals surface area contributed by atoms with E-state index in [4.69, 9.17) is 9.47 Å². The Bertz CT molecular complexity index is 873. The van der Waals surface area contributed by atoms with Crippen molar-refractivity contribution in [3.63, 3.8) is 0 Å². The van der Waals surface area contributed by atoms with Gasteiger partial charge in [0.1, 0.15) is 5.60 Å². The van der Waals surface area contributed by atoms with Gasteiger partial charge in [0.25, 0.3) is 11.8 Å². The predicted molar refractivity (Wildman–Crippen MR) is 108 cm³/mol. The van der Waals surface area contributed by atoms with Crippen molar-refractivity contribution < 1.29 is 29.0 Å². The van der Waals surface area contributed by atoms with Crippen molar-refractivity contribution in [2.24, 2.45) is 5.92 Å². The summed E-state index contributed by atoms with van der Waals surface area (Å²) in [4.78, 5) is 41.3. The molecule has 30 heavy (non-hydrogen) atoms. The first-order chi connectivity index (χ1) is 14.1. The molecule has 1 aromatic carbocycles. The zero-order valence-electron chi connectivity index (χ0n) is 17.6. The summed E-state index contributed by atoms with van der Waals surface area (Å²) in [7, 11) is 0. The molecule has 2 fully saturated rings. The van der Waals surface area contributed by atoms with Crippen molar-refractivity contribution >= 4 is 23.5 Å². The standard InChI is InChI=1S/C22H28N2O6/c1-22(2,3)30-21(28)17(25)18-20(27)24(8-9-29-18)15-7-6-14-12-23(11-13-4-5-13)19(26)16(14)10-15/h6-7,10,13,17-18,25H,4-5,8-9,11-12H2,1-3H3/t17-,18-/m1/s1. The summed E-state index contributed by atoms with van der Waals surface area (Å²) in [5, 5.41) is 10.4. The number of amides is 2. The van der Waals surface area contributed by atoms with Crippen molar-refractivity contribution in [1.29, 1.82) is 0 Å². The van der Waals surface area contributed by atoms with Crippen molar-refractivity contribution in [1.82, 2.24) is 4.90 Å². The fraction of sp³-hybridized carbons (Fsp3) is 0.591. The minimum absolute atomic E-state index is 0.00945. The highest BCUT2D eigenvalue weighted by Crippen LogP contribution is 2.34. The number of morpholine rings is 1. The van der Waals surface area contributed by atoms with Crippen molar-refractivity contribution in [3.8, 4) is 0 Å². The smallest absolute Gasteiger partial charge is 0.338 e. The van der Waals surface area contributed by atoms with E-state index >= 15 is 0 Å². The first-order valence-corrected chi connectivity index (χ1v) is 10.4. The number of fused-ring (bicyclic) bond motifs is 1. The van der Waals surface area contributed by atoms with E-state index in [1.807, 2.05) is 11.0 Å². The van der Waals surface area contributed by atoms with Crippen LogP contribution in [0.25, 0.3) is 0 Å². The molecule has 0 spiro atoms. The second-order valence-electron chi connectivity index (χ2n) is 9.23. The molecule has 0 aromatic heterocycles. The Morgan fingerprint density at radius 1 is 1.30 bits per heavy atom. The summed E-state index contributed by atoms with van der Waals surface area (Å²) in [6, 6.07) is 5.40. The summed E-state index contributed by atoms with van der Waals surface area (Å²) in [6.07, 6.45) is -0.710. The molecule has 8 heteroatoms. The van der Waals surface area contributed by atoms with E-state index in [1.54, 1.807) is 32.9 Å². The molecular formula is C22H28N2O6. The van der Waals surface area contributed by atoms with Gasteiger partial charge in [0.05, 0.1) is 6.61 Å². The van der Waals surface area contributed by atoms with Crippen LogP contribution in [0.1, 0.15) is 49.5 Å². The van der Waals surface area contributed by atoms with Crippen LogP contribution in [-0.2, 0) is 25.6 Å². The molecule has 2 atom stereocenters. The van der Waals surface area contributed by atoms with E-state index in [-0.39, 0.29) is 19.1 Å². The lowest BCUT2D eigenvalue weighted by molar-refractivity contribution is -0.177. The average molecular weight is 416 g/mol. The number of ether oxygens (including phenoxy) is 2. The number of carbonyl (C=O) groups is 3. The van der Waals surface area contributed by atoms with Crippen molar-refractivity contribution in [3.05, 3.63) is 29.3 Å². The number of anilines is 1. The molecule has 4 rings (SSSR count). The first kappa shape index (κ1) is 20.8. The maximum absolute atomic E-state index is 13.0. The van der Waals surface area contributed by atoms with Crippen LogP contribution in [0.15, 0.2) is 18.2 Å². The number of nitrogens with zero attached hydrogens (tertiary/aromatic N) is 2. The maximum atomic E-state index is 13.0. The summed E-state index contributed by atoms with van der Waals surface area (Å²) in [6.45, 7) is 6.86. The zero-order chi connectivity index (χ0) is 21.6. The quantitative estimate of drug-likeness (QED) is 0.731. The van der Waals surface area contributed by atoms with Gasteiger partial charge in [0, 0.05) is 30.9 Å². The van der Waals surface area contributed by atoms with Crippen LogP contribution in [0.4, 0.5) is 5.69 Å². The van der Waals surface area contributed by atoms with E-state index in [2.05, 4.69) is 0 Å². The lowest BCUT2D eigenvalue weighted by atomic mass is 10.1. The molecule has 2 heterocycles. The number of hydrogen-bond acceptors (Lipinski definition) is 6. The van der Waals surface area contributed by atoms with E-state index in [1.165, 1.54) is 17.7 Å². The molecule has 1 saturated carbocycles. The average Bonchev–Trinajstić information content (AvgIpc) is 3.44. The highest BCUT2D eigenvalue weighted by Gasteiger charge is 2.41. The van der Waals surface area contributed by atoms with Gasteiger partial charge >= 0.3 is 5.97 Å². The Morgan fingerprint density at radius 2 is 2.03 bits per heavy atom. The van der Waals surface area contributed by atoms with Crippen LogP contribution in [0.3, 0.4) is 0 Å². The first-order valence-electron chi connectivity index (χ1n) is 10.4. The van der Waals surface area contributed by atoms with Gasteiger partial charge < -0.3 is 24.4 Å². The van der Waals surface area contributed by atoms with Crippen molar-refractivity contribution in [2.45, 2.75) is 58.0 Å². The third kappa shape index (κ3) is 4.20. The third-order valence-electron chi connectivity index (χ3n) is 5.52. The molecule has 162 valence electrons. The topological polar surface area (TPSA) is 96.4 Å². The fourth-order valence-corrected chi connectivity index (χ4v) is 3.85. The lowest BCUT2D eigenvalue weighted by Crippen LogP contribution is -2.55. The fourth-order valence-electron chi connectivity index (χ4n) is 3.85. The largest absolute Gasteiger partial charge is 0.458 e. The number of rotatable bonds is 5. The van der Waals surface area contributed by atoms with Crippen molar-refractivity contribution in [2.75, 3.05) is 24.6 Å². The maximum Gasteiger partial charge on any atom is 0.338 e. The number of carbonyl (C=O) groups excluding carboxylic acids is 3. The molecular weight excluding hydrogens is 388 g/mol. The molecule has 0 bridgehead atoms. The summed E-state index contributed by atoms with van der Waals surface area (Å²) in [5.41, 5.74) is 1.33. The highest BCUT2D eigenvalue weighted by molar-refractivity contribution is 6.03. The molecule has 0 unspecified atom stereocenters. The molecule has 1 aliphatic carbocycles. The van der Waals surface area contributed by atoms with Crippen LogP contribution < -0.4 is 4.90 Å². The minimum Gasteiger partial charge on any atom is -0.458 e. The van der Waals surface area contributed by atoms with E-state index in [0.29, 0.717) is 23.7 Å². The molecule has 2 aliphatic heterocycles. The summed E-state index contributed by atoms with van der Waals surface area (Å²) in [5.74, 6) is -0.828. The van der Waals surface area contributed by atoms with Gasteiger partial charge in [-0.3, -0.25) is 9.59 Å². The van der Waals surface area contributed by atoms with Crippen LogP contribution in [0, 0.1) is 5.92 Å². The van der Waals surface area contributed by atoms with Crippen LogP contribution in [-0.4, -0.2) is 65.3 Å². The predicted octanol–water partition coefficient (Wildman–Crippen LogP) is 1.49. The molecule has 8 nitrogen and oxygen atoms in total. The molecule has 1 aromatic rings. The van der Waals surface area contributed by atoms with Gasteiger partial charge in [-0.1, -0.05) is 6.07 Å².